The average Bonchev–Trinajstić information content (AvgIpc) is 2.72. The van der Waals surface area contributed by atoms with Crippen molar-refractivity contribution in [2.75, 3.05) is 13.2 Å². The van der Waals surface area contributed by atoms with Crippen LogP contribution in [0.2, 0.25) is 0 Å². The third kappa shape index (κ3) is 7.17. The van der Waals surface area contributed by atoms with Gasteiger partial charge in [-0.1, -0.05) is 19.3 Å². The molecule has 1 aliphatic rings. The molecule has 0 saturated heterocycles. The first-order chi connectivity index (χ1) is 15.1. The van der Waals surface area contributed by atoms with Crippen LogP contribution in [0.1, 0.15) is 58.3 Å². The Kier molecular flexibility index (Phi) is 10.4. The van der Waals surface area contributed by atoms with E-state index in [1.165, 1.54) is 6.92 Å². The number of carbonyl (C=O) groups excluding carboxylic acids is 2. The molecule has 1 atom stereocenters. The van der Waals surface area contributed by atoms with E-state index in [-0.39, 0.29) is 12.8 Å². The van der Waals surface area contributed by atoms with Crippen molar-refractivity contribution in [2.45, 2.75) is 81.4 Å². The molecule has 1 fully saturated rings. The van der Waals surface area contributed by atoms with Gasteiger partial charge in [0.05, 0.1) is 19.1 Å². The molecule has 1 rings (SSSR count). The standard InChI is InChI=1S/C18H25F7O7S/c1-2-30-14(27)16(17(21,22)23,32-13(26)12-8-4-3-5-9-12)31-11-7-6-10-15(19,20)18(24,25)33(28)29/h12,33H,2-11H2,1H3. The summed E-state index contributed by atoms with van der Waals surface area (Å²) in [4.78, 5) is 24.4. The van der Waals surface area contributed by atoms with Crippen LogP contribution in [-0.2, 0) is 34.5 Å². The summed E-state index contributed by atoms with van der Waals surface area (Å²) >= 11 is 0. The Morgan fingerprint density at radius 2 is 1.52 bits per heavy atom. The second kappa shape index (κ2) is 11.7. The molecule has 0 aromatic carbocycles. The molecule has 0 amide bonds. The molecule has 0 N–H and O–H groups in total. The van der Waals surface area contributed by atoms with E-state index in [4.69, 9.17) is 0 Å². The molecular weight excluding hydrogens is 493 g/mol. The fraction of sp³-hybridized carbons (Fsp3) is 0.889. The first kappa shape index (κ1) is 29.4. The smallest absolute Gasteiger partial charge is 0.461 e. The fourth-order valence-electron chi connectivity index (χ4n) is 3.12. The van der Waals surface area contributed by atoms with Crippen LogP contribution in [-0.4, -0.2) is 56.7 Å². The normalized spacial score (nSPS) is 18.1. The highest BCUT2D eigenvalue weighted by Gasteiger charge is 2.68. The van der Waals surface area contributed by atoms with Crippen molar-refractivity contribution in [1.82, 2.24) is 0 Å². The van der Waals surface area contributed by atoms with Gasteiger partial charge < -0.3 is 14.2 Å². The Hall–Kier alpha value is -1.64. The lowest BCUT2D eigenvalue weighted by Gasteiger charge is -2.34. The minimum atomic E-state index is -5.61. The molecule has 0 spiro atoms. The summed E-state index contributed by atoms with van der Waals surface area (Å²) in [5.74, 6) is -13.5. The quantitative estimate of drug-likeness (QED) is 0.137. The molecule has 0 aromatic rings. The zero-order valence-electron chi connectivity index (χ0n) is 17.6. The van der Waals surface area contributed by atoms with E-state index in [2.05, 4.69) is 14.2 Å². The van der Waals surface area contributed by atoms with Gasteiger partial charge in [-0.2, -0.15) is 30.7 Å². The Morgan fingerprint density at radius 1 is 0.939 bits per heavy atom. The van der Waals surface area contributed by atoms with E-state index >= 15 is 0 Å². The van der Waals surface area contributed by atoms with Crippen molar-refractivity contribution in [3.05, 3.63) is 0 Å². The number of alkyl halides is 7. The molecule has 0 aliphatic heterocycles. The highest BCUT2D eigenvalue weighted by Crippen LogP contribution is 2.40. The summed E-state index contributed by atoms with van der Waals surface area (Å²) in [5.41, 5.74) is 0. The predicted molar refractivity (Wildman–Crippen MR) is 98.1 cm³/mol. The van der Waals surface area contributed by atoms with E-state index in [0.29, 0.717) is 12.8 Å². The van der Waals surface area contributed by atoms with Crippen molar-refractivity contribution in [3.8, 4) is 0 Å². The Labute approximate surface area is 186 Å². The number of carbonyl (C=O) groups is 2. The van der Waals surface area contributed by atoms with Crippen LogP contribution in [0.4, 0.5) is 30.7 Å². The Balaban J connectivity index is 2.94. The van der Waals surface area contributed by atoms with Gasteiger partial charge in [-0.15, -0.1) is 0 Å². The van der Waals surface area contributed by atoms with Crippen LogP contribution >= 0.6 is 0 Å². The maximum absolute atomic E-state index is 13.8. The molecule has 15 heteroatoms. The molecular formula is C18H25F7O7S. The monoisotopic (exact) mass is 518 g/mol. The zero-order chi connectivity index (χ0) is 25.5. The second-order valence-electron chi connectivity index (χ2n) is 7.40. The summed E-state index contributed by atoms with van der Waals surface area (Å²) in [7, 11) is -4.80. The number of ether oxygens (including phenoxy) is 3. The fourth-order valence-corrected chi connectivity index (χ4v) is 3.50. The van der Waals surface area contributed by atoms with Gasteiger partial charge in [0.2, 0.25) is 10.7 Å². The van der Waals surface area contributed by atoms with Crippen molar-refractivity contribution in [3.63, 3.8) is 0 Å². The van der Waals surface area contributed by atoms with E-state index in [1.807, 2.05) is 0 Å². The van der Waals surface area contributed by atoms with Gasteiger partial charge in [0.15, 0.2) is 0 Å². The molecule has 0 bridgehead atoms. The van der Waals surface area contributed by atoms with E-state index in [0.717, 1.165) is 6.42 Å². The lowest BCUT2D eigenvalue weighted by atomic mass is 9.89. The summed E-state index contributed by atoms with van der Waals surface area (Å²) in [6.07, 6.45) is -6.54. The summed E-state index contributed by atoms with van der Waals surface area (Å²) < 4.78 is 128. The summed E-state index contributed by atoms with van der Waals surface area (Å²) in [6, 6.07) is 0. The molecule has 194 valence electrons. The second-order valence-corrected chi connectivity index (χ2v) is 8.48. The van der Waals surface area contributed by atoms with E-state index in [9.17, 15) is 48.7 Å². The van der Waals surface area contributed by atoms with Crippen LogP contribution in [0.15, 0.2) is 0 Å². The summed E-state index contributed by atoms with van der Waals surface area (Å²) in [6.45, 7) is -0.456. The number of esters is 2. The van der Waals surface area contributed by atoms with Gasteiger partial charge in [0.25, 0.3) is 0 Å². The highest BCUT2D eigenvalue weighted by atomic mass is 32.2. The topological polar surface area (TPSA) is 96.0 Å². The van der Waals surface area contributed by atoms with E-state index < -0.39 is 84.2 Å². The van der Waals surface area contributed by atoms with Crippen LogP contribution in [0, 0.1) is 5.92 Å². The number of unbranched alkanes of at least 4 members (excludes halogenated alkanes) is 1. The predicted octanol–water partition coefficient (Wildman–Crippen LogP) is 3.96. The maximum Gasteiger partial charge on any atom is 0.468 e. The van der Waals surface area contributed by atoms with Crippen molar-refractivity contribution in [1.29, 1.82) is 0 Å². The Bertz CT molecular complexity index is 741. The number of thiol groups is 1. The molecule has 0 radical (unpaired) electrons. The van der Waals surface area contributed by atoms with Gasteiger partial charge in [0.1, 0.15) is 0 Å². The van der Waals surface area contributed by atoms with E-state index in [1.54, 1.807) is 0 Å². The molecule has 33 heavy (non-hydrogen) atoms. The number of halogens is 7. The summed E-state index contributed by atoms with van der Waals surface area (Å²) in [5, 5.41) is -5.35. The lowest BCUT2D eigenvalue weighted by Crippen LogP contribution is -2.59. The molecule has 0 heterocycles. The number of rotatable bonds is 12. The van der Waals surface area contributed by atoms with Crippen molar-refractivity contribution < 1.29 is 63.0 Å². The van der Waals surface area contributed by atoms with Crippen molar-refractivity contribution in [2.24, 2.45) is 5.92 Å². The van der Waals surface area contributed by atoms with Crippen LogP contribution in [0.3, 0.4) is 0 Å². The zero-order valence-corrected chi connectivity index (χ0v) is 18.5. The molecule has 1 saturated carbocycles. The number of hydrogen-bond acceptors (Lipinski definition) is 7. The maximum atomic E-state index is 13.8. The average molecular weight is 518 g/mol. The molecule has 7 nitrogen and oxygen atoms in total. The van der Waals surface area contributed by atoms with Gasteiger partial charge >= 0.3 is 35.1 Å². The minimum absolute atomic E-state index is 0.237. The van der Waals surface area contributed by atoms with Crippen LogP contribution in [0.5, 0.6) is 0 Å². The Morgan fingerprint density at radius 3 is 2.00 bits per heavy atom. The molecule has 0 aromatic heterocycles. The van der Waals surface area contributed by atoms with Crippen LogP contribution < -0.4 is 0 Å². The highest BCUT2D eigenvalue weighted by molar-refractivity contribution is 7.73. The van der Waals surface area contributed by atoms with Crippen molar-refractivity contribution >= 4 is 22.6 Å². The first-order valence-electron chi connectivity index (χ1n) is 10.1. The SMILES string of the molecule is CCOC(=O)C(OCCCCC(F)(F)C(F)(F)[SH](=O)=O)(OC(=O)C1CCCCC1)C(F)(F)F. The molecule has 1 unspecified atom stereocenters. The largest absolute Gasteiger partial charge is 0.468 e. The lowest BCUT2D eigenvalue weighted by molar-refractivity contribution is -0.356. The van der Waals surface area contributed by atoms with Crippen LogP contribution in [0.25, 0.3) is 0 Å². The van der Waals surface area contributed by atoms with Gasteiger partial charge in [-0.3, -0.25) is 4.79 Å². The third-order valence-corrected chi connectivity index (χ3v) is 5.75. The third-order valence-electron chi connectivity index (χ3n) is 4.96. The number of hydrogen-bond donors (Lipinski definition) is 1. The minimum Gasteiger partial charge on any atom is -0.461 e. The first-order valence-corrected chi connectivity index (χ1v) is 11.3. The van der Waals surface area contributed by atoms with Gasteiger partial charge in [-0.05, 0) is 32.6 Å². The molecule has 1 aliphatic carbocycles. The van der Waals surface area contributed by atoms with Gasteiger partial charge in [0, 0.05) is 6.42 Å². The van der Waals surface area contributed by atoms with Gasteiger partial charge in [-0.25, -0.2) is 13.2 Å².